The molecule has 0 aliphatic heterocycles. The molecule has 0 fully saturated rings. The number of benzene rings is 3. The second-order valence-electron chi connectivity index (χ2n) is 13.5. The molecule has 0 saturated carbocycles. The van der Waals surface area contributed by atoms with Gasteiger partial charge in [0, 0.05) is 5.75 Å². The average Bonchev–Trinajstić information content (AvgIpc) is 3.31. The molecule has 0 radical (unpaired) electrons. The molecule has 0 spiro atoms. The van der Waals surface area contributed by atoms with Crippen LogP contribution in [0.2, 0.25) is 0 Å². The molecular weight excluding hydrogens is 837 g/mol. The van der Waals surface area contributed by atoms with E-state index in [1.54, 1.807) is 7.11 Å². The molecule has 0 bridgehead atoms. The maximum absolute atomic E-state index is 10.4. The third-order valence-electron chi connectivity index (χ3n) is 8.96. The van der Waals surface area contributed by atoms with E-state index in [1.807, 2.05) is 23.9 Å². The molecule has 16 heteroatoms. The highest BCUT2D eigenvalue weighted by Gasteiger charge is 2.36. The Bertz CT molecular complexity index is 1430. The van der Waals surface area contributed by atoms with Gasteiger partial charge in [0.05, 0.1) is 177 Å². The van der Waals surface area contributed by atoms with Gasteiger partial charge in [-0.3, -0.25) is 4.79 Å². The van der Waals surface area contributed by atoms with Crippen LogP contribution < -0.4 is 4.74 Å². The second-order valence-corrected chi connectivity index (χ2v) is 14.8. The fourth-order valence-electron chi connectivity index (χ4n) is 5.86. The molecule has 1 N–H and O–H groups in total. The summed E-state index contributed by atoms with van der Waals surface area (Å²) >= 11 is 1.87. The molecular formula is C47H70O15S. The van der Waals surface area contributed by atoms with E-state index in [0.717, 1.165) is 11.5 Å². The molecule has 3 aromatic rings. The van der Waals surface area contributed by atoms with Crippen LogP contribution in [-0.2, 0) is 66.4 Å². The number of carbonyl (C=O) groups is 1. The van der Waals surface area contributed by atoms with Crippen LogP contribution in [0.5, 0.6) is 5.75 Å². The van der Waals surface area contributed by atoms with E-state index in [-0.39, 0.29) is 13.0 Å². The number of thioether (sulfide) groups is 1. The molecule has 0 heterocycles. The lowest BCUT2D eigenvalue weighted by Gasteiger charge is -2.35. The first-order valence-electron chi connectivity index (χ1n) is 21.7. The molecule has 0 atom stereocenters. The van der Waals surface area contributed by atoms with E-state index in [0.29, 0.717) is 152 Å². The smallest absolute Gasteiger partial charge is 0.305 e. The van der Waals surface area contributed by atoms with Crippen molar-refractivity contribution in [2.75, 3.05) is 171 Å². The summed E-state index contributed by atoms with van der Waals surface area (Å²) in [5, 5.41) is 8.52. The summed E-state index contributed by atoms with van der Waals surface area (Å²) in [6, 6.07) is 29.6. The Morgan fingerprint density at radius 3 is 0.952 bits per heavy atom. The number of aliphatic carboxylic acids is 1. The normalized spacial score (nSPS) is 11.6. The van der Waals surface area contributed by atoms with Gasteiger partial charge >= 0.3 is 5.97 Å². The molecule has 3 rings (SSSR count). The van der Waals surface area contributed by atoms with Crippen molar-refractivity contribution in [1.82, 2.24) is 0 Å². The van der Waals surface area contributed by atoms with Crippen molar-refractivity contribution in [3.8, 4) is 5.75 Å². The van der Waals surface area contributed by atoms with Gasteiger partial charge in [-0.25, -0.2) is 0 Å². The third-order valence-corrected chi connectivity index (χ3v) is 10.5. The summed E-state index contributed by atoms with van der Waals surface area (Å²) < 4.78 is 71.3. The Kier molecular flexibility index (Phi) is 32.7. The Labute approximate surface area is 378 Å². The van der Waals surface area contributed by atoms with Gasteiger partial charge in [0.25, 0.3) is 0 Å². The standard InChI is InChI=1S/C47H70O15S/c1-50-45-14-12-44(13-15-45)47(42-8-4-2-5-9-42,43-10-6-3-7-11-43)63-41-40-62-39-38-61-37-36-60-35-34-59-33-32-58-31-30-57-29-28-56-27-26-55-25-24-54-23-22-53-21-20-52-19-18-51-17-16-46(48)49/h2-15H,16-41H2,1H3,(H,48,49). The summed E-state index contributed by atoms with van der Waals surface area (Å²) in [6.07, 6.45) is -0.00606. The maximum atomic E-state index is 10.4. The second kappa shape index (κ2) is 38.1. The minimum absolute atomic E-state index is 0.00606. The fraction of sp³-hybridized carbons (Fsp3) is 0.596. The first-order valence-corrected chi connectivity index (χ1v) is 22.7. The zero-order valence-corrected chi connectivity index (χ0v) is 37.9. The van der Waals surface area contributed by atoms with E-state index in [4.69, 9.17) is 66.7 Å². The van der Waals surface area contributed by atoms with Crippen LogP contribution in [0, 0.1) is 0 Å². The minimum atomic E-state index is -0.876. The van der Waals surface area contributed by atoms with E-state index >= 15 is 0 Å². The van der Waals surface area contributed by atoms with Gasteiger partial charge in [-0.1, -0.05) is 72.8 Å². The van der Waals surface area contributed by atoms with Crippen LogP contribution in [0.1, 0.15) is 23.1 Å². The van der Waals surface area contributed by atoms with Crippen molar-refractivity contribution in [3.63, 3.8) is 0 Å². The van der Waals surface area contributed by atoms with E-state index in [2.05, 4.69) is 72.8 Å². The number of ether oxygens (including phenoxy) is 13. The Morgan fingerprint density at radius 2 is 0.667 bits per heavy atom. The molecule has 0 aliphatic rings. The zero-order chi connectivity index (χ0) is 44.6. The molecule has 354 valence electrons. The minimum Gasteiger partial charge on any atom is -0.497 e. The predicted molar refractivity (Wildman–Crippen MR) is 240 cm³/mol. The first-order chi connectivity index (χ1) is 31.2. The van der Waals surface area contributed by atoms with Gasteiger partial charge in [0.15, 0.2) is 0 Å². The molecule has 0 saturated heterocycles. The van der Waals surface area contributed by atoms with Gasteiger partial charge in [-0.2, -0.15) is 0 Å². The highest BCUT2D eigenvalue weighted by molar-refractivity contribution is 8.00. The Morgan fingerprint density at radius 1 is 0.397 bits per heavy atom. The zero-order valence-electron chi connectivity index (χ0n) is 37.0. The monoisotopic (exact) mass is 906 g/mol. The largest absolute Gasteiger partial charge is 0.497 e. The summed E-state index contributed by atoms with van der Waals surface area (Å²) in [7, 11) is 1.69. The number of carboxylic acid groups (broad SMARTS) is 1. The van der Waals surface area contributed by atoms with Crippen molar-refractivity contribution >= 4 is 17.7 Å². The van der Waals surface area contributed by atoms with Gasteiger partial charge in [-0.15, -0.1) is 11.8 Å². The highest BCUT2D eigenvalue weighted by Crippen LogP contribution is 2.48. The lowest BCUT2D eigenvalue weighted by molar-refractivity contribution is -0.138. The number of rotatable bonds is 44. The summed E-state index contributed by atoms with van der Waals surface area (Å²) in [5.74, 6) is 0.749. The third kappa shape index (κ3) is 25.8. The number of methoxy groups -OCH3 is 1. The van der Waals surface area contributed by atoms with Crippen LogP contribution in [0.4, 0.5) is 0 Å². The molecule has 0 aliphatic carbocycles. The van der Waals surface area contributed by atoms with Gasteiger partial charge < -0.3 is 66.7 Å². The predicted octanol–water partition coefficient (Wildman–Crippen LogP) is 5.39. The maximum Gasteiger partial charge on any atom is 0.305 e. The first kappa shape index (κ1) is 54.1. The molecule has 63 heavy (non-hydrogen) atoms. The van der Waals surface area contributed by atoms with E-state index < -0.39 is 10.7 Å². The van der Waals surface area contributed by atoms with Crippen molar-refractivity contribution in [1.29, 1.82) is 0 Å². The Balaban J connectivity index is 1.03. The summed E-state index contributed by atoms with van der Waals surface area (Å²) in [4.78, 5) is 10.4. The van der Waals surface area contributed by atoms with Crippen LogP contribution in [0.3, 0.4) is 0 Å². The molecule has 0 aromatic heterocycles. The number of carboxylic acids is 1. The van der Waals surface area contributed by atoms with Crippen molar-refractivity contribution in [3.05, 3.63) is 102 Å². The lowest BCUT2D eigenvalue weighted by atomic mass is 9.84. The fourth-order valence-corrected chi connectivity index (χ4v) is 7.27. The summed E-state index contributed by atoms with van der Waals surface area (Å²) in [6.45, 7) is 11.2. The number of hydrogen-bond donors (Lipinski definition) is 1. The lowest BCUT2D eigenvalue weighted by Crippen LogP contribution is -2.27. The average molecular weight is 907 g/mol. The van der Waals surface area contributed by atoms with E-state index in [1.165, 1.54) is 16.7 Å². The van der Waals surface area contributed by atoms with E-state index in [9.17, 15) is 4.79 Å². The Hall–Kier alpha value is -3.20. The molecule has 0 unspecified atom stereocenters. The van der Waals surface area contributed by atoms with Gasteiger partial charge in [0.1, 0.15) is 5.75 Å². The topological polar surface area (TPSA) is 157 Å². The van der Waals surface area contributed by atoms with Gasteiger partial charge in [0.2, 0.25) is 0 Å². The van der Waals surface area contributed by atoms with Crippen molar-refractivity contribution < 1.29 is 71.5 Å². The highest BCUT2D eigenvalue weighted by atomic mass is 32.2. The van der Waals surface area contributed by atoms with Crippen LogP contribution in [0.15, 0.2) is 84.9 Å². The van der Waals surface area contributed by atoms with Crippen LogP contribution in [0.25, 0.3) is 0 Å². The van der Waals surface area contributed by atoms with Crippen molar-refractivity contribution in [2.45, 2.75) is 11.2 Å². The summed E-state index contributed by atoms with van der Waals surface area (Å²) in [5.41, 5.74) is 3.61. The SMILES string of the molecule is COc1ccc(C(SCCOCCOCCOCCOCCOCCOCCOCCOCCOCCOCCOCCOCCC(=O)O)(c2ccccc2)c2ccccc2)cc1. The quantitative estimate of drug-likeness (QED) is 0.0568. The number of hydrogen-bond acceptors (Lipinski definition) is 15. The van der Waals surface area contributed by atoms with Gasteiger partial charge in [-0.05, 0) is 28.8 Å². The molecule has 0 amide bonds. The molecule has 15 nitrogen and oxygen atoms in total. The molecule has 3 aromatic carbocycles. The van der Waals surface area contributed by atoms with Crippen molar-refractivity contribution in [2.24, 2.45) is 0 Å². The van der Waals surface area contributed by atoms with Crippen LogP contribution >= 0.6 is 11.8 Å². The van der Waals surface area contributed by atoms with Crippen LogP contribution in [-0.4, -0.2) is 183 Å².